The Kier molecular flexibility index (Phi) is 8.59. The van der Waals surface area contributed by atoms with Gasteiger partial charge in [0.05, 0.1) is 4.90 Å². The van der Waals surface area contributed by atoms with Crippen LogP contribution in [0.4, 0.5) is 0 Å². The molecule has 1 aliphatic carbocycles. The maximum absolute atomic E-state index is 13.3. The standard InChI is InChI=1S/C32H39ClN2O2S/c1-34(38(36,37)31-16-6-3-7-17-31)25-32(28-14-9-15-30(33)22-28)23-29(32)24-35-20-18-27(19-21-35)13-8-12-26-10-4-2-5-11-26/h2-7,9-11,14-17,22,27,29H,8,12-13,18-21,23-25H2,1H3/t29-,32+/m0/s1. The van der Waals surface area contributed by atoms with E-state index in [2.05, 4.69) is 41.3 Å². The molecule has 0 spiro atoms. The molecule has 202 valence electrons. The number of nitrogens with zero attached hydrogens (tertiary/aromatic N) is 2. The van der Waals surface area contributed by atoms with Gasteiger partial charge in [-0.05, 0) is 92.4 Å². The molecule has 2 atom stereocenters. The van der Waals surface area contributed by atoms with Crippen molar-refractivity contribution in [3.8, 4) is 0 Å². The molecule has 1 aliphatic heterocycles. The van der Waals surface area contributed by atoms with Gasteiger partial charge in [-0.15, -0.1) is 0 Å². The Morgan fingerprint density at radius 1 is 0.947 bits per heavy atom. The first-order chi connectivity index (χ1) is 18.4. The summed E-state index contributed by atoms with van der Waals surface area (Å²) in [5.74, 6) is 1.23. The summed E-state index contributed by atoms with van der Waals surface area (Å²) in [5.41, 5.74) is 2.39. The van der Waals surface area contributed by atoms with Gasteiger partial charge >= 0.3 is 0 Å². The molecule has 5 rings (SSSR count). The summed E-state index contributed by atoms with van der Waals surface area (Å²) < 4.78 is 28.2. The minimum absolute atomic E-state index is 0.200. The molecule has 3 aromatic carbocycles. The van der Waals surface area contributed by atoms with Crippen LogP contribution in [0.3, 0.4) is 0 Å². The minimum atomic E-state index is -3.56. The van der Waals surface area contributed by atoms with Crippen LogP contribution in [0.1, 0.15) is 43.2 Å². The van der Waals surface area contributed by atoms with E-state index in [1.54, 1.807) is 35.6 Å². The van der Waals surface area contributed by atoms with Crippen molar-refractivity contribution in [2.75, 3.05) is 33.2 Å². The van der Waals surface area contributed by atoms with Crippen LogP contribution in [0.25, 0.3) is 0 Å². The van der Waals surface area contributed by atoms with Crippen molar-refractivity contribution in [2.24, 2.45) is 11.8 Å². The number of halogens is 1. The van der Waals surface area contributed by atoms with E-state index >= 15 is 0 Å². The summed E-state index contributed by atoms with van der Waals surface area (Å²) in [5, 5.41) is 0.706. The van der Waals surface area contributed by atoms with Crippen molar-refractivity contribution in [3.63, 3.8) is 0 Å². The van der Waals surface area contributed by atoms with Crippen LogP contribution in [0.2, 0.25) is 5.02 Å². The van der Waals surface area contributed by atoms with Gasteiger partial charge in [0.25, 0.3) is 0 Å². The quantitative estimate of drug-likeness (QED) is 0.268. The van der Waals surface area contributed by atoms with Crippen molar-refractivity contribution in [2.45, 2.75) is 48.8 Å². The lowest BCUT2D eigenvalue weighted by molar-refractivity contribution is 0.167. The van der Waals surface area contributed by atoms with Crippen LogP contribution < -0.4 is 0 Å². The molecule has 6 heteroatoms. The second kappa shape index (κ2) is 11.9. The predicted molar refractivity (Wildman–Crippen MR) is 156 cm³/mol. The molecule has 0 bridgehead atoms. The highest BCUT2D eigenvalue weighted by molar-refractivity contribution is 7.89. The zero-order valence-electron chi connectivity index (χ0n) is 22.3. The van der Waals surface area contributed by atoms with Gasteiger partial charge in [0.1, 0.15) is 0 Å². The molecule has 4 nitrogen and oxygen atoms in total. The lowest BCUT2D eigenvalue weighted by Crippen LogP contribution is -2.39. The summed E-state index contributed by atoms with van der Waals surface area (Å²) >= 11 is 6.40. The zero-order chi connectivity index (χ0) is 26.6. The molecule has 2 fully saturated rings. The number of sulfonamides is 1. The molecule has 2 aliphatic rings. The highest BCUT2D eigenvalue weighted by Gasteiger charge is 2.56. The number of hydrogen-bond donors (Lipinski definition) is 0. The molecule has 0 aromatic heterocycles. The molecule has 3 aromatic rings. The van der Waals surface area contributed by atoms with Gasteiger partial charge in [0, 0.05) is 30.6 Å². The summed E-state index contributed by atoms with van der Waals surface area (Å²) in [6.45, 7) is 3.75. The average Bonchev–Trinajstić information content (AvgIpc) is 3.63. The van der Waals surface area contributed by atoms with E-state index in [9.17, 15) is 8.42 Å². The zero-order valence-corrected chi connectivity index (χ0v) is 23.9. The third kappa shape index (κ3) is 6.34. The van der Waals surface area contributed by atoms with E-state index in [1.165, 1.54) is 37.7 Å². The van der Waals surface area contributed by atoms with Crippen LogP contribution >= 0.6 is 11.6 Å². The predicted octanol–water partition coefficient (Wildman–Crippen LogP) is 6.65. The molecule has 0 radical (unpaired) electrons. The van der Waals surface area contributed by atoms with Gasteiger partial charge in [-0.3, -0.25) is 0 Å². The summed E-state index contributed by atoms with van der Waals surface area (Å²) in [6.07, 6.45) is 7.24. The molecule has 1 saturated heterocycles. The largest absolute Gasteiger partial charge is 0.303 e. The number of likely N-dealkylation sites (N-methyl/N-ethyl adjacent to an activating group) is 1. The van der Waals surface area contributed by atoms with E-state index in [1.807, 2.05) is 24.3 Å². The molecule has 0 amide bonds. The summed E-state index contributed by atoms with van der Waals surface area (Å²) in [6, 6.07) is 27.6. The van der Waals surface area contributed by atoms with Gasteiger partial charge in [-0.25, -0.2) is 12.7 Å². The second-order valence-corrected chi connectivity index (χ2v) is 13.7. The molecule has 1 heterocycles. The van der Waals surface area contributed by atoms with Crippen LogP contribution in [-0.4, -0.2) is 50.8 Å². The Morgan fingerprint density at radius 2 is 1.63 bits per heavy atom. The number of hydrogen-bond acceptors (Lipinski definition) is 3. The lowest BCUT2D eigenvalue weighted by atomic mass is 9.90. The molecular weight excluding hydrogens is 512 g/mol. The third-order valence-electron chi connectivity index (χ3n) is 8.69. The van der Waals surface area contributed by atoms with E-state index in [0.29, 0.717) is 22.4 Å². The van der Waals surface area contributed by atoms with Crippen molar-refractivity contribution in [1.82, 2.24) is 9.21 Å². The van der Waals surface area contributed by atoms with Gasteiger partial charge in [0.2, 0.25) is 10.0 Å². The fourth-order valence-corrected chi connectivity index (χ4v) is 7.77. The Bertz CT molecular complexity index is 1290. The topological polar surface area (TPSA) is 40.6 Å². The first kappa shape index (κ1) is 27.4. The van der Waals surface area contributed by atoms with Crippen LogP contribution in [-0.2, 0) is 21.9 Å². The fourth-order valence-electron chi connectivity index (χ4n) is 6.32. The van der Waals surface area contributed by atoms with Crippen LogP contribution in [0, 0.1) is 11.8 Å². The molecule has 1 saturated carbocycles. The molecular formula is C32H39ClN2O2S. The van der Waals surface area contributed by atoms with Crippen LogP contribution in [0.15, 0.2) is 89.8 Å². The highest BCUT2D eigenvalue weighted by atomic mass is 35.5. The van der Waals surface area contributed by atoms with Gasteiger partial charge < -0.3 is 4.90 Å². The monoisotopic (exact) mass is 550 g/mol. The molecule has 38 heavy (non-hydrogen) atoms. The maximum Gasteiger partial charge on any atom is 0.242 e. The van der Waals surface area contributed by atoms with E-state index in [4.69, 9.17) is 11.6 Å². The lowest BCUT2D eigenvalue weighted by Gasteiger charge is -2.33. The Hall–Kier alpha value is -2.18. The van der Waals surface area contributed by atoms with Crippen molar-refractivity contribution in [3.05, 3.63) is 101 Å². The number of likely N-dealkylation sites (tertiary alicyclic amines) is 1. The summed E-state index contributed by atoms with van der Waals surface area (Å²) in [7, 11) is -1.84. The second-order valence-electron chi connectivity index (χ2n) is 11.3. The van der Waals surface area contributed by atoms with Crippen molar-refractivity contribution < 1.29 is 8.42 Å². The molecule has 0 unspecified atom stereocenters. The number of benzene rings is 3. The molecule has 0 N–H and O–H groups in total. The van der Waals surface area contributed by atoms with E-state index in [0.717, 1.165) is 37.5 Å². The minimum Gasteiger partial charge on any atom is -0.303 e. The average molecular weight is 551 g/mol. The van der Waals surface area contributed by atoms with Gasteiger partial charge in [0.15, 0.2) is 0 Å². The highest BCUT2D eigenvalue weighted by Crippen LogP contribution is 2.56. The van der Waals surface area contributed by atoms with E-state index < -0.39 is 10.0 Å². The Balaban J connectivity index is 1.20. The maximum atomic E-state index is 13.3. The first-order valence-corrected chi connectivity index (χ1v) is 15.7. The van der Waals surface area contributed by atoms with Crippen molar-refractivity contribution in [1.29, 1.82) is 0 Å². The SMILES string of the molecule is CN(C[C@@]1(c2cccc(Cl)c2)C[C@H]1CN1CCC(CCCc2ccccc2)CC1)S(=O)(=O)c1ccccc1. The van der Waals surface area contributed by atoms with Crippen molar-refractivity contribution >= 4 is 21.6 Å². The smallest absolute Gasteiger partial charge is 0.242 e. The number of piperidine rings is 1. The first-order valence-electron chi connectivity index (χ1n) is 13.9. The number of rotatable bonds is 11. The normalized spacial score (nSPS) is 22.6. The van der Waals surface area contributed by atoms with E-state index in [-0.39, 0.29) is 5.41 Å². The van der Waals surface area contributed by atoms with Crippen LogP contribution in [0.5, 0.6) is 0 Å². The van der Waals surface area contributed by atoms with Gasteiger partial charge in [-0.2, -0.15) is 0 Å². The Labute approximate surface area is 233 Å². The van der Waals surface area contributed by atoms with Gasteiger partial charge in [-0.1, -0.05) is 78.7 Å². The Morgan fingerprint density at radius 3 is 2.32 bits per heavy atom. The summed E-state index contributed by atoms with van der Waals surface area (Å²) in [4.78, 5) is 2.95. The fraction of sp³-hybridized carbons (Fsp3) is 0.438. The number of aryl methyl sites for hydroxylation is 1. The third-order valence-corrected chi connectivity index (χ3v) is 10.7.